The molecule has 2 amide bonds. The summed E-state index contributed by atoms with van der Waals surface area (Å²) in [6.45, 7) is 7.08. The van der Waals surface area contributed by atoms with Gasteiger partial charge in [0.05, 0.1) is 0 Å². The number of likely N-dealkylation sites (N-methyl/N-ethyl adjacent to an activating group) is 1. The highest BCUT2D eigenvalue weighted by atomic mass is 16.5. The average molecular weight is 439 g/mol. The predicted molar refractivity (Wildman–Crippen MR) is 121 cm³/mol. The van der Waals surface area contributed by atoms with E-state index in [2.05, 4.69) is 17.4 Å². The maximum Gasteiger partial charge on any atom is 0.407 e. The number of aliphatic carboxylic acids is 1. The Balaban J connectivity index is 1.72. The van der Waals surface area contributed by atoms with Crippen LogP contribution in [0.25, 0.3) is 11.1 Å². The number of ether oxygens (including phenoxy) is 1. The molecule has 170 valence electrons. The molecule has 1 atom stereocenters. The number of nitrogens with zero attached hydrogens (tertiary/aromatic N) is 1. The Bertz CT molecular complexity index is 966. The van der Waals surface area contributed by atoms with Gasteiger partial charge < -0.3 is 20.1 Å². The van der Waals surface area contributed by atoms with E-state index >= 15 is 0 Å². The molecule has 0 radical (unpaired) electrons. The molecule has 1 unspecified atom stereocenters. The Kier molecular flexibility index (Phi) is 6.87. The summed E-state index contributed by atoms with van der Waals surface area (Å²) in [6.07, 6.45) is -0.702. The maximum absolute atomic E-state index is 13.0. The zero-order chi connectivity index (χ0) is 23.5. The smallest absolute Gasteiger partial charge is 0.407 e. The Morgan fingerprint density at radius 3 is 2.03 bits per heavy atom. The van der Waals surface area contributed by atoms with E-state index in [1.54, 1.807) is 6.92 Å². The average Bonchev–Trinajstić information content (AvgIpc) is 3.07. The standard InChI is InChI=1S/C25H30N2O5/c1-5-27(14-21(28)29)23(30)22(25(2,3)4)26-24(31)32-15-20-18-12-8-6-10-16(18)17-11-7-9-13-19(17)20/h6-13,20,22H,5,14-15H2,1-4H3,(H,26,31)(H,28,29). The van der Waals surface area contributed by atoms with Gasteiger partial charge in [0.1, 0.15) is 19.2 Å². The largest absolute Gasteiger partial charge is 0.480 e. The van der Waals surface area contributed by atoms with Gasteiger partial charge in [-0.05, 0) is 34.6 Å². The summed E-state index contributed by atoms with van der Waals surface area (Å²) >= 11 is 0. The van der Waals surface area contributed by atoms with Crippen LogP contribution in [0.5, 0.6) is 0 Å². The van der Waals surface area contributed by atoms with E-state index in [1.807, 2.05) is 57.2 Å². The van der Waals surface area contributed by atoms with Crippen LogP contribution in [0.1, 0.15) is 44.7 Å². The molecule has 0 saturated carbocycles. The lowest BCUT2D eigenvalue weighted by Gasteiger charge is -2.33. The first-order valence-electron chi connectivity index (χ1n) is 10.8. The second-order valence-corrected chi connectivity index (χ2v) is 9.02. The van der Waals surface area contributed by atoms with Crippen LogP contribution < -0.4 is 5.32 Å². The molecule has 2 aromatic carbocycles. The third-order valence-corrected chi connectivity index (χ3v) is 5.74. The topological polar surface area (TPSA) is 95.9 Å². The Morgan fingerprint density at radius 2 is 1.56 bits per heavy atom. The van der Waals surface area contributed by atoms with E-state index in [-0.39, 0.29) is 19.1 Å². The molecule has 7 heteroatoms. The number of rotatable bonds is 7. The third kappa shape index (κ3) is 4.93. The highest BCUT2D eigenvalue weighted by Gasteiger charge is 2.37. The minimum Gasteiger partial charge on any atom is -0.480 e. The number of carbonyl (C=O) groups excluding carboxylic acids is 2. The highest BCUT2D eigenvalue weighted by Crippen LogP contribution is 2.44. The summed E-state index contributed by atoms with van der Waals surface area (Å²) in [5.41, 5.74) is 3.83. The van der Waals surface area contributed by atoms with E-state index in [9.17, 15) is 14.4 Å². The second kappa shape index (κ2) is 9.42. The fourth-order valence-electron chi connectivity index (χ4n) is 4.10. The fraction of sp³-hybridized carbons (Fsp3) is 0.400. The molecule has 1 aliphatic carbocycles. The molecule has 2 N–H and O–H groups in total. The van der Waals surface area contributed by atoms with Crippen molar-refractivity contribution in [2.45, 2.75) is 39.7 Å². The highest BCUT2D eigenvalue weighted by molar-refractivity contribution is 5.88. The fourth-order valence-corrected chi connectivity index (χ4v) is 4.10. The van der Waals surface area contributed by atoms with Crippen LogP contribution in [0.15, 0.2) is 48.5 Å². The lowest BCUT2D eigenvalue weighted by atomic mass is 9.86. The van der Waals surface area contributed by atoms with Gasteiger partial charge in [-0.2, -0.15) is 0 Å². The Hall–Kier alpha value is -3.35. The van der Waals surface area contributed by atoms with Crippen LogP contribution in [0, 0.1) is 5.41 Å². The molecule has 0 spiro atoms. The van der Waals surface area contributed by atoms with Gasteiger partial charge in [0.15, 0.2) is 0 Å². The van der Waals surface area contributed by atoms with Gasteiger partial charge in [-0.3, -0.25) is 9.59 Å². The van der Waals surface area contributed by atoms with Crippen molar-refractivity contribution in [1.29, 1.82) is 0 Å². The van der Waals surface area contributed by atoms with Gasteiger partial charge in [-0.1, -0.05) is 69.3 Å². The number of amides is 2. The monoisotopic (exact) mass is 438 g/mol. The number of hydrogen-bond acceptors (Lipinski definition) is 4. The molecular formula is C25H30N2O5. The summed E-state index contributed by atoms with van der Waals surface area (Å²) in [6, 6.07) is 15.2. The van der Waals surface area contributed by atoms with Gasteiger partial charge in [0.25, 0.3) is 0 Å². The predicted octanol–water partition coefficient (Wildman–Crippen LogP) is 3.87. The van der Waals surface area contributed by atoms with Crippen LogP contribution in [-0.2, 0) is 14.3 Å². The number of fused-ring (bicyclic) bond motifs is 3. The summed E-state index contributed by atoms with van der Waals surface area (Å²) < 4.78 is 5.57. The molecule has 2 aromatic rings. The van der Waals surface area contributed by atoms with Gasteiger partial charge in [-0.15, -0.1) is 0 Å². The molecule has 0 heterocycles. The van der Waals surface area contributed by atoms with Crippen molar-refractivity contribution in [3.63, 3.8) is 0 Å². The van der Waals surface area contributed by atoms with E-state index in [4.69, 9.17) is 9.84 Å². The lowest BCUT2D eigenvalue weighted by molar-refractivity contribution is -0.146. The van der Waals surface area contributed by atoms with Gasteiger partial charge >= 0.3 is 12.1 Å². The van der Waals surface area contributed by atoms with Crippen LogP contribution in [0.2, 0.25) is 0 Å². The Labute approximate surface area is 188 Å². The second-order valence-electron chi connectivity index (χ2n) is 9.02. The van der Waals surface area contributed by atoms with Crippen LogP contribution >= 0.6 is 0 Å². The van der Waals surface area contributed by atoms with Crippen molar-refractivity contribution in [3.8, 4) is 11.1 Å². The third-order valence-electron chi connectivity index (χ3n) is 5.74. The number of carboxylic acids is 1. The zero-order valence-corrected chi connectivity index (χ0v) is 18.9. The van der Waals surface area contributed by atoms with E-state index in [0.717, 1.165) is 22.3 Å². The van der Waals surface area contributed by atoms with Crippen LogP contribution in [0.3, 0.4) is 0 Å². The molecule has 3 rings (SSSR count). The summed E-state index contributed by atoms with van der Waals surface area (Å²) in [5.74, 6) is -1.64. The number of nitrogens with one attached hydrogen (secondary N) is 1. The molecular weight excluding hydrogens is 408 g/mol. The summed E-state index contributed by atoms with van der Waals surface area (Å²) in [4.78, 5) is 38.0. The normalized spacial score (nSPS) is 13.6. The molecule has 0 fully saturated rings. The van der Waals surface area contributed by atoms with E-state index in [1.165, 1.54) is 4.90 Å². The molecule has 7 nitrogen and oxygen atoms in total. The lowest BCUT2D eigenvalue weighted by Crippen LogP contribution is -2.55. The quantitative estimate of drug-likeness (QED) is 0.684. The minimum absolute atomic E-state index is 0.0870. The van der Waals surface area contributed by atoms with Crippen molar-refractivity contribution < 1.29 is 24.2 Å². The molecule has 1 aliphatic rings. The Morgan fingerprint density at radius 1 is 1.03 bits per heavy atom. The number of hydrogen-bond donors (Lipinski definition) is 2. The summed E-state index contributed by atoms with van der Waals surface area (Å²) in [5, 5.41) is 11.8. The van der Waals surface area contributed by atoms with Gasteiger partial charge in [0.2, 0.25) is 5.91 Å². The number of benzene rings is 2. The maximum atomic E-state index is 13.0. The van der Waals surface area contributed by atoms with E-state index < -0.39 is 36.0 Å². The van der Waals surface area contributed by atoms with Crippen molar-refractivity contribution in [2.24, 2.45) is 5.41 Å². The first kappa shape index (κ1) is 23.3. The minimum atomic E-state index is -1.10. The van der Waals surface area contributed by atoms with E-state index in [0.29, 0.717) is 0 Å². The molecule has 0 saturated heterocycles. The summed E-state index contributed by atoms with van der Waals surface area (Å²) in [7, 11) is 0. The van der Waals surface area contributed by atoms with Crippen molar-refractivity contribution in [3.05, 3.63) is 59.7 Å². The number of carbonyl (C=O) groups is 3. The zero-order valence-electron chi connectivity index (χ0n) is 18.9. The van der Waals surface area contributed by atoms with Gasteiger partial charge in [-0.25, -0.2) is 4.79 Å². The molecule has 32 heavy (non-hydrogen) atoms. The number of carboxylic acid groups (broad SMARTS) is 1. The molecule has 0 aliphatic heterocycles. The van der Waals surface area contributed by atoms with Gasteiger partial charge in [0, 0.05) is 12.5 Å². The molecule has 0 bridgehead atoms. The van der Waals surface area contributed by atoms with Crippen molar-refractivity contribution >= 4 is 18.0 Å². The SMILES string of the molecule is CCN(CC(=O)O)C(=O)C(NC(=O)OCC1c2ccccc2-c2ccccc21)C(C)(C)C. The van der Waals surface area contributed by atoms with Crippen LogP contribution in [-0.4, -0.2) is 53.7 Å². The van der Waals surface area contributed by atoms with Crippen molar-refractivity contribution in [2.75, 3.05) is 19.7 Å². The van der Waals surface area contributed by atoms with Crippen molar-refractivity contribution in [1.82, 2.24) is 10.2 Å². The molecule has 0 aromatic heterocycles. The first-order valence-corrected chi connectivity index (χ1v) is 10.8. The first-order chi connectivity index (χ1) is 15.1. The number of alkyl carbamates (subject to hydrolysis) is 1. The van der Waals surface area contributed by atoms with Crippen LogP contribution in [0.4, 0.5) is 4.79 Å².